The number of aryl methyl sites for hydroxylation is 1. The number of aliphatic carboxylic acids is 1. The van der Waals surface area contributed by atoms with Crippen molar-refractivity contribution in [2.75, 3.05) is 0 Å². The maximum atomic E-state index is 12.4. The van der Waals surface area contributed by atoms with Crippen molar-refractivity contribution < 1.29 is 14.7 Å². The monoisotopic (exact) mass is 391 g/mol. The number of carbonyl (C=O) groups excluding carboxylic acids is 1. The minimum absolute atomic E-state index is 0.0203. The molecule has 138 valence electrons. The van der Waals surface area contributed by atoms with Crippen LogP contribution >= 0.6 is 11.6 Å². The van der Waals surface area contributed by atoms with Gasteiger partial charge in [0.05, 0.1) is 22.6 Å². The van der Waals surface area contributed by atoms with Crippen LogP contribution in [0.4, 0.5) is 0 Å². The van der Waals surface area contributed by atoms with Gasteiger partial charge < -0.3 is 5.11 Å². The SMILES string of the molecule is Cc1nc2cc(-c3cccc(Cl)c3)nn2c(-c2ccccc2)c1C(=O)C(=O)O. The summed E-state index contributed by atoms with van der Waals surface area (Å²) < 4.78 is 1.51. The number of fused-ring (bicyclic) bond motifs is 1. The molecule has 2 aromatic heterocycles. The molecule has 0 aliphatic carbocycles. The van der Waals surface area contributed by atoms with Crippen LogP contribution in [-0.4, -0.2) is 31.5 Å². The second kappa shape index (κ2) is 6.90. The van der Waals surface area contributed by atoms with E-state index in [0.29, 0.717) is 33.3 Å². The van der Waals surface area contributed by atoms with Crippen molar-refractivity contribution in [3.63, 3.8) is 0 Å². The molecule has 0 aliphatic rings. The molecule has 0 fully saturated rings. The predicted molar refractivity (Wildman–Crippen MR) is 106 cm³/mol. The Morgan fingerprint density at radius 3 is 2.39 bits per heavy atom. The molecule has 0 radical (unpaired) electrons. The highest BCUT2D eigenvalue weighted by atomic mass is 35.5. The summed E-state index contributed by atoms with van der Waals surface area (Å²) >= 11 is 6.09. The standard InChI is InChI=1S/C21H14ClN3O3/c1-12-18(20(26)21(27)28)19(13-6-3-2-4-7-13)25-17(23-12)11-16(24-25)14-8-5-9-15(22)10-14/h2-11H,1H3,(H,27,28). The Labute approximate surface area is 165 Å². The molecule has 0 bridgehead atoms. The van der Waals surface area contributed by atoms with E-state index in [1.165, 1.54) is 4.52 Å². The van der Waals surface area contributed by atoms with E-state index in [1.807, 2.05) is 30.3 Å². The predicted octanol–water partition coefficient (Wildman–Crippen LogP) is 4.29. The molecule has 1 N–H and O–H groups in total. The first-order valence-corrected chi connectivity index (χ1v) is 8.83. The lowest BCUT2D eigenvalue weighted by Gasteiger charge is -2.12. The number of halogens is 1. The van der Waals surface area contributed by atoms with Crippen LogP contribution in [0.15, 0.2) is 60.7 Å². The van der Waals surface area contributed by atoms with E-state index in [-0.39, 0.29) is 5.56 Å². The summed E-state index contributed by atoms with van der Waals surface area (Å²) in [7, 11) is 0. The third kappa shape index (κ3) is 3.04. The number of nitrogens with zero attached hydrogens (tertiary/aromatic N) is 3. The number of Topliss-reactive ketones (excluding diaryl/α,β-unsaturated/α-hetero) is 1. The van der Waals surface area contributed by atoms with Gasteiger partial charge in [0.2, 0.25) is 0 Å². The van der Waals surface area contributed by atoms with Crippen molar-refractivity contribution in [3.8, 4) is 22.5 Å². The molecule has 0 spiro atoms. The second-order valence-electron chi connectivity index (χ2n) is 6.23. The zero-order valence-corrected chi connectivity index (χ0v) is 15.5. The van der Waals surface area contributed by atoms with Crippen molar-refractivity contribution in [1.82, 2.24) is 14.6 Å². The summed E-state index contributed by atoms with van der Waals surface area (Å²) in [6.45, 7) is 1.62. The van der Waals surface area contributed by atoms with E-state index in [4.69, 9.17) is 11.6 Å². The first-order valence-electron chi connectivity index (χ1n) is 8.45. The van der Waals surface area contributed by atoms with Crippen molar-refractivity contribution in [2.24, 2.45) is 0 Å². The Kier molecular flexibility index (Phi) is 4.41. The van der Waals surface area contributed by atoms with Crippen LogP contribution in [-0.2, 0) is 4.79 Å². The number of hydrogen-bond donors (Lipinski definition) is 1. The zero-order valence-electron chi connectivity index (χ0n) is 14.8. The van der Waals surface area contributed by atoms with Crippen LogP contribution in [0, 0.1) is 6.92 Å². The van der Waals surface area contributed by atoms with Gasteiger partial charge in [-0.2, -0.15) is 5.10 Å². The average Bonchev–Trinajstić information content (AvgIpc) is 3.10. The first kappa shape index (κ1) is 17.9. The lowest BCUT2D eigenvalue weighted by atomic mass is 10.0. The molecule has 4 rings (SSSR count). The fraction of sp³-hybridized carbons (Fsp3) is 0.0476. The van der Waals surface area contributed by atoms with Crippen LogP contribution in [0.25, 0.3) is 28.2 Å². The van der Waals surface area contributed by atoms with Gasteiger partial charge in [-0.1, -0.05) is 54.1 Å². The fourth-order valence-electron chi connectivity index (χ4n) is 3.15. The van der Waals surface area contributed by atoms with Crippen molar-refractivity contribution in [3.05, 3.63) is 76.9 Å². The lowest BCUT2D eigenvalue weighted by molar-refractivity contribution is -0.131. The molecule has 0 saturated heterocycles. The topological polar surface area (TPSA) is 84.6 Å². The van der Waals surface area contributed by atoms with Gasteiger partial charge in [0.15, 0.2) is 5.65 Å². The van der Waals surface area contributed by atoms with Gasteiger partial charge in [0.25, 0.3) is 5.78 Å². The third-order valence-corrected chi connectivity index (χ3v) is 4.61. The van der Waals surface area contributed by atoms with Crippen LogP contribution < -0.4 is 0 Å². The first-order chi connectivity index (χ1) is 13.5. The van der Waals surface area contributed by atoms with Crippen molar-refractivity contribution in [2.45, 2.75) is 6.92 Å². The van der Waals surface area contributed by atoms with Crippen molar-refractivity contribution >= 4 is 29.0 Å². The van der Waals surface area contributed by atoms with E-state index in [2.05, 4.69) is 10.1 Å². The van der Waals surface area contributed by atoms with E-state index in [0.717, 1.165) is 5.56 Å². The number of rotatable bonds is 4. The smallest absolute Gasteiger partial charge is 0.377 e. The van der Waals surface area contributed by atoms with Gasteiger partial charge in [0.1, 0.15) is 0 Å². The Balaban J connectivity index is 2.06. The van der Waals surface area contributed by atoms with Gasteiger partial charge in [0, 0.05) is 22.2 Å². The minimum atomic E-state index is -1.54. The van der Waals surface area contributed by atoms with Crippen LogP contribution in [0.3, 0.4) is 0 Å². The summed E-state index contributed by atoms with van der Waals surface area (Å²) in [5.74, 6) is -2.56. The summed E-state index contributed by atoms with van der Waals surface area (Å²) in [6, 6.07) is 18.1. The number of aromatic nitrogens is 3. The number of ketones is 1. The maximum absolute atomic E-state index is 12.4. The highest BCUT2D eigenvalue weighted by Gasteiger charge is 2.26. The molecule has 7 heteroatoms. The summed E-state index contributed by atoms with van der Waals surface area (Å²) in [6.07, 6.45) is 0. The van der Waals surface area contributed by atoms with Crippen LogP contribution in [0.5, 0.6) is 0 Å². The molecule has 4 aromatic rings. The molecule has 28 heavy (non-hydrogen) atoms. The van der Waals surface area contributed by atoms with E-state index in [9.17, 15) is 14.7 Å². The van der Waals surface area contributed by atoms with Gasteiger partial charge in [-0.15, -0.1) is 0 Å². The lowest BCUT2D eigenvalue weighted by Crippen LogP contribution is -2.18. The Bertz CT molecular complexity index is 1230. The van der Waals surface area contributed by atoms with Crippen molar-refractivity contribution in [1.29, 1.82) is 0 Å². The Hall–Kier alpha value is -3.51. The zero-order chi connectivity index (χ0) is 19.8. The Morgan fingerprint density at radius 2 is 1.71 bits per heavy atom. The van der Waals surface area contributed by atoms with E-state index < -0.39 is 11.8 Å². The normalized spacial score (nSPS) is 10.9. The summed E-state index contributed by atoms with van der Waals surface area (Å²) in [5.41, 5.74) is 3.33. The molecular weight excluding hydrogens is 378 g/mol. The largest absolute Gasteiger partial charge is 0.475 e. The van der Waals surface area contributed by atoms with Gasteiger partial charge >= 0.3 is 5.97 Å². The highest BCUT2D eigenvalue weighted by Crippen LogP contribution is 2.30. The number of carboxylic acid groups (broad SMARTS) is 1. The molecule has 0 atom stereocenters. The maximum Gasteiger partial charge on any atom is 0.377 e. The quantitative estimate of drug-likeness (QED) is 0.414. The van der Waals surface area contributed by atoms with E-state index >= 15 is 0 Å². The summed E-state index contributed by atoms with van der Waals surface area (Å²) in [4.78, 5) is 28.3. The fourth-order valence-corrected chi connectivity index (χ4v) is 3.34. The summed E-state index contributed by atoms with van der Waals surface area (Å²) in [5, 5.41) is 14.5. The molecular formula is C21H14ClN3O3. The van der Waals surface area contributed by atoms with Gasteiger partial charge in [-0.3, -0.25) is 4.79 Å². The minimum Gasteiger partial charge on any atom is -0.475 e. The molecule has 2 aromatic carbocycles. The number of carboxylic acids is 1. The molecule has 0 saturated carbocycles. The van der Waals surface area contributed by atoms with E-state index in [1.54, 1.807) is 37.3 Å². The number of hydrogen-bond acceptors (Lipinski definition) is 4. The van der Waals surface area contributed by atoms with Gasteiger partial charge in [-0.05, 0) is 19.1 Å². The molecule has 0 unspecified atom stereocenters. The molecule has 0 aliphatic heterocycles. The number of benzene rings is 2. The third-order valence-electron chi connectivity index (χ3n) is 4.37. The Morgan fingerprint density at radius 1 is 1.00 bits per heavy atom. The van der Waals surface area contributed by atoms with Crippen LogP contribution in [0.1, 0.15) is 16.1 Å². The van der Waals surface area contributed by atoms with Crippen LogP contribution in [0.2, 0.25) is 5.02 Å². The van der Waals surface area contributed by atoms with Gasteiger partial charge in [-0.25, -0.2) is 14.3 Å². The average molecular weight is 392 g/mol. The number of carbonyl (C=O) groups is 2. The molecule has 2 heterocycles. The highest BCUT2D eigenvalue weighted by molar-refractivity contribution is 6.41. The molecule has 6 nitrogen and oxygen atoms in total. The molecule has 0 amide bonds. The second-order valence-corrected chi connectivity index (χ2v) is 6.67.